The van der Waals surface area contributed by atoms with E-state index < -0.39 is 0 Å². The molecule has 3 unspecified atom stereocenters. The number of hydrogen-bond donors (Lipinski definition) is 1. The van der Waals surface area contributed by atoms with Crippen molar-refractivity contribution in [3.63, 3.8) is 0 Å². The fourth-order valence-corrected chi connectivity index (χ4v) is 4.37. The molecule has 0 saturated carbocycles. The summed E-state index contributed by atoms with van der Waals surface area (Å²) >= 11 is 5.73. The lowest BCUT2D eigenvalue weighted by molar-refractivity contribution is 0.0833. The van der Waals surface area contributed by atoms with Crippen LogP contribution in [0.5, 0.6) is 0 Å². The molecule has 0 aliphatic carbocycles. The van der Waals surface area contributed by atoms with Crippen LogP contribution >= 0.6 is 12.2 Å². The van der Waals surface area contributed by atoms with Crippen LogP contribution in [-0.2, 0) is 4.74 Å². The molecule has 2 aromatic rings. The number of nitrogens with one attached hydrogen (secondary N) is 1. The third-order valence-electron chi connectivity index (χ3n) is 5.29. The first kappa shape index (κ1) is 17.5. The van der Waals surface area contributed by atoms with Gasteiger partial charge in [0.2, 0.25) is 0 Å². The summed E-state index contributed by atoms with van der Waals surface area (Å²) in [5.74, 6) is 0. The van der Waals surface area contributed by atoms with Crippen LogP contribution in [0.15, 0.2) is 42.7 Å². The molecule has 3 atom stereocenters. The van der Waals surface area contributed by atoms with Crippen molar-refractivity contribution >= 4 is 17.3 Å². The second kappa shape index (κ2) is 7.37. The van der Waals surface area contributed by atoms with Crippen LogP contribution in [0.1, 0.15) is 56.2 Å². The van der Waals surface area contributed by atoms with E-state index in [9.17, 15) is 0 Å². The van der Waals surface area contributed by atoms with Crippen LogP contribution in [-0.4, -0.2) is 38.8 Å². The van der Waals surface area contributed by atoms with Crippen molar-refractivity contribution in [3.05, 3.63) is 54.1 Å². The average molecular weight is 371 g/mol. The Labute approximate surface area is 160 Å². The van der Waals surface area contributed by atoms with Gasteiger partial charge in [0.05, 0.1) is 23.9 Å². The average Bonchev–Trinajstić information content (AvgIpc) is 3.37. The zero-order valence-electron chi connectivity index (χ0n) is 15.3. The van der Waals surface area contributed by atoms with Crippen LogP contribution in [0.25, 0.3) is 0 Å². The van der Waals surface area contributed by atoms with Crippen LogP contribution in [0.2, 0.25) is 0 Å². The van der Waals surface area contributed by atoms with Crippen molar-refractivity contribution in [1.82, 2.24) is 19.8 Å². The van der Waals surface area contributed by atoms with Crippen LogP contribution < -0.4 is 5.32 Å². The summed E-state index contributed by atoms with van der Waals surface area (Å²) in [7, 11) is 0. The zero-order valence-corrected chi connectivity index (χ0v) is 16.2. The third-order valence-corrected chi connectivity index (χ3v) is 5.65. The number of aromatic nitrogens is 2. The summed E-state index contributed by atoms with van der Waals surface area (Å²) in [6.45, 7) is 6.10. The first-order valence-electron chi connectivity index (χ1n) is 9.41. The molecule has 0 radical (unpaired) electrons. The molecule has 4 heterocycles. The quantitative estimate of drug-likeness (QED) is 0.815. The molecule has 0 bridgehead atoms. The van der Waals surface area contributed by atoms with Gasteiger partial charge in [0.15, 0.2) is 5.11 Å². The lowest BCUT2D eigenvalue weighted by Gasteiger charge is -2.31. The fourth-order valence-electron chi connectivity index (χ4n) is 4.06. The molecule has 2 saturated heterocycles. The van der Waals surface area contributed by atoms with Crippen LogP contribution in [0.3, 0.4) is 0 Å². The Morgan fingerprint density at radius 1 is 1.31 bits per heavy atom. The van der Waals surface area contributed by atoms with Gasteiger partial charge in [-0.05, 0) is 63.2 Å². The molecular weight excluding hydrogens is 344 g/mol. The molecule has 4 rings (SSSR count). The molecule has 26 heavy (non-hydrogen) atoms. The van der Waals surface area contributed by atoms with Gasteiger partial charge in [-0.3, -0.25) is 4.98 Å². The number of thiocarbonyl (C=S) groups is 1. The molecular formula is C20H26N4OS. The Balaban J connectivity index is 1.72. The number of nitrogens with zero attached hydrogens (tertiary/aromatic N) is 3. The molecule has 0 aromatic carbocycles. The predicted octanol–water partition coefficient (Wildman–Crippen LogP) is 3.62. The van der Waals surface area contributed by atoms with E-state index in [-0.39, 0.29) is 18.2 Å². The molecule has 6 heteroatoms. The fraction of sp³-hybridized carbons (Fsp3) is 0.500. The zero-order chi connectivity index (χ0) is 18.1. The molecule has 2 aliphatic rings. The van der Waals surface area contributed by atoms with Crippen molar-refractivity contribution < 1.29 is 4.74 Å². The smallest absolute Gasteiger partial charge is 0.170 e. The van der Waals surface area contributed by atoms with Gasteiger partial charge < -0.3 is 19.5 Å². The third kappa shape index (κ3) is 3.23. The van der Waals surface area contributed by atoms with E-state index in [1.54, 1.807) is 0 Å². The van der Waals surface area contributed by atoms with E-state index in [1.807, 2.05) is 18.3 Å². The summed E-state index contributed by atoms with van der Waals surface area (Å²) < 4.78 is 8.23. The van der Waals surface area contributed by atoms with Gasteiger partial charge in [-0.1, -0.05) is 6.07 Å². The Morgan fingerprint density at radius 2 is 2.19 bits per heavy atom. The van der Waals surface area contributed by atoms with Crippen LogP contribution in [0.4, 0.5) is 0 Å². The Morgan fingerprint density at radius 3 is 2.88 bits per heavy atom. The maximum atomic E-state index is 5.90. The van der Waals surface area contributed by atoms with E-state index in [4.69, 9.17) is 17.0 Å². The largest absolute Gasteiger partial charge is 0.376 e. The Hall–Kier alpha value is -1.92. The highest BCUT2D eigenvalue weighted by molar-refractivity contribution is 7.80. The highest BCUT2D eigenvalue weighted by atomic mass is 32.1. The van der Waals surface area contributed by atoms with E-state index in [0.29, 0.717) is 6.04 Å². The van der Waals surface area contributed by atoms with Gasteiger partial charge >= 0.3 is 0 Å². The van der Waals surface area contributed by atoms with Gasteiger partial charge in [0.25, 0.3) is 0 Å². The summed E-state index contributed by atoms with van der Waals surface area (Å²) in [4.78, 5) is 6.91. The first-order chi connectivity index (χ1) is 12.6. The van der Waals surface area contributed by atoms with E-state index >= 15 is 0 Å². The molecule has 2 fully saturated rings. The van der Waals surface area contributed by atoms with Crippen molar-refractivity contribution in [3.8, 4) is 0 Å². The van der Waals surface area contributed by atoms with E-state index in [1.165, 1.54) is 5.69 Å². The molecule has 0 amide bonds. The van der Waals surface area contributed by atoms with Gasteiger partial charge in [-0.2, -0.15) is 0 Å². The lowest BCUT2D eigenvalue weighted by Crippen LogP contribution is -2.37. The van der Waals surface area contributed by atoms with E-state index in [2.05, 4.69) is 58.0 Å². The van der Waals surface area contributed by atoms with E-state index in [0.717, 1.165) is 36.8 Å². The molecule has 138 valence electrons. The molecule has 0 spiro atoms. The molecule has 2 aliphatic heterocycles. The maximum absolute atomic E-state index is 5.90. The van der Waals surface area contributed by atoms with Gasteiger partial charge in [0.1, 0.15) is 0 Å². The molecule has 5 nitrogen and oxygen atoms in total. The van der Waals surface area contributed by atoms with Crippen molar-refractivity contribution in [2.45, 2.75) is 50.9 Å². The van der Waals surface area contributed by atoms with Crippen molar-refractivity contribution in [2.75, 3.05) is 13.2 Å². The summed E-state index contributed by atoms with van der Waals surface area (Å²) in [6, 6.07) is 10.9. The highest BCUT2D eigenvalue weighted by Crippen LogP contribution is 2.40. The van der Waals surface area contributed by atoms with Crippen molar-refractivity contribution in [2.24, 2.45) is 0 Å². The monoisotopic (exact) mass is 370 g/mol. The standard InChI is InChI=1S/C20H26N4OS/c1-14(2)23-11-5-9-17(23)19-18(16-8-3-4-10-21-16)22-20(26)24(19)13-15-7-6-12-25-15/h3-5,8-11,14-15,18-19H,6-7,12-13H2,1-2H3,(H,22,26). The number of rotatable bonds is 5. The summed E-state index contributed by atoms with van der Waals surface area (Å²) in [5, 5.41) is 4.31. The molecule has 1 N–H and O–H groups in total. The highest BCUT2D eigenvalue weighted by Gasteiger charge is 2.42. The maximum Gasteiger partial charge on any atom is 0.170 e. The second-order valence-electron chi connectivity index (χ2n) is 7.35. The minimum atomic E-state index is 0.0394. The normalized spacial score (nSPS) is 25.9. The summed E-state index contributed by atoms with van der Waals surface area (Å²) in [5.41, 5.74) is 2.28. The Bertz CT molecular complexity index is 754. The Kier molecular flexibility index (Phi) is 4.96. The topological polar surface area (TPSA) is 42.3 Å². The summed E-state index contributed by atoms with van der Waals surface area (Å²) in [6.07, 6.45) is 6.49. The van der Waals surface area contributed by atoms with Gasteiger partial charge in [-0.15, -0.1) is 0 Å². The van der Waals surface area contributed by atoms with Gasteiger partial charge in [0, 0.05) is 37.3 Å². The first-order valence-corrected chi connectivity index (χ1v) is 9.82. The lowest BCUT2D eigenvalue weighted by atomic mass is 10.0. The predicted molar refractivity (Wildman–Crippen MR) is 106 cm³/mol. The number of hydrogen-bond acceptors (Lipinski definition) is 3. The second-order valence-corrected chi connectivity index (χ2v) is 7.73. The minimum absolute atomic E-state index is 0.0394. The molecule has 2 aromatic heterocycles. The van der Waals surface area contributed by atoms with Crippen molar-refractivity contribution in [1.29, 1.82) is 0 Å². The number of ether oxygens (including phenoxy) is 1. The minimum Gasteiger partial charge on any atom is -0.376 e. The van der Waals surface area contributed by atoms with Crippen LogP contribution in [0, 0.1) is 0 Å². The number of pyridine rings is 1. The SMILES string of the molecule is CC(C)n1cccc1C1C(c2ccccn2)NC(=S)N1CC1CCCO1. The van der Waals surface area contributed by atoms with Gasteiger partial charge in [-0.25, -0.2) is 0 Å².